The molecule has 1 saturated heterocycles. The van der Waals surface area contributed by atoms with Gasteiger partial charge in [-0.2, -0.15) is 0 Å². The van der Waals surface area contributed by atoms with E-state index in [0.717, 1.165) is 19.5 Å². The smallest absolute Gasteiger partial charge is 0.129 e. The molecule has 1 fully saturated rings. The number of β-amino-alcohol motifs (C(OH)–C–C–N with tert-alkyl or cyclic N) is 1. The summed E-state index contributed by atoms with van der Waals surface area (Å²) >= 11 is 0. The van der Waals surface area contributed by atoms with Crippen molar-refractivity contribution in [3.05, 3.63) is 71.5 Å². The van der Waals surface area contributed by atoms with E-state index >= 15 is 0 Å². The van der Waals surface area contributed by atoms with E-state index in [1.54, 1.807) is 18.2 Å². The molecular formula is C18H20FNO. The molecule has 3 heteroatoms. The molecule has 3 rings (SSSR count). The number of hydrogen-bond acceptors (Lipinski definition) is 2. The third-order valence-electron chi connectivity index (χ3n) is 4.17. The highest BCUT2D eigenvalue weighted by atomic mass is 19.1. The van der Waals surface area contributed by atoms with E-state index in [2.05, 4.69) is 17.0 Å². The topological polar surface area (TPSA) is 23.5 Å². The van der Waals surface area contributed by atoms with Crippen molar-refractivity contribution in [3.63, 3.8) is 0 Å². The molecule has 0 aliphatic carbocycles. The summed E-state index contributed by atoms with van der Waals surface area (Å²) in [6.07, 6.45) is 1.48. The number of aliphatic hydroxyl groups is 1. The fourth-order valence-corrected chi connectivity index (χ4v) is 3.16. The summed E-state index contributed by atoms with van der Waals surface area (Å²) in [5, 5.41) is 10.9. The Morgan fingerprint density at radius 3 is 2.52 bits per heavy atom. The second-order valence-electron chi connectivity index (χ2n) is 5.81. The number of likely N-dealkylation sites (tertiary alicyclic amines) is 1. The van der Waals surface area contributed by atoms with Crippen LogP contribution in [0, 0.1) is 5.82 Å². The fourth-order valence-electron chi connectivity index (χ4n) is 3.16. The standard InChI is InChI=1S/C18H20FNO/c19-17-10-5-4-9-16(17)18(21)11-6-12-20(14-18)13-15-7-2-1-3-8-15/h1-5,7-10,21H,6,11-14H2. The number of benzene rings is 2. The Bertz CT molecular complexity index is 601. The third kappa shape index (κ3) is 3.14. The molecule has 1 aliphatic rings. The molecule has 1 heterocycles. The van der Waals surface area contributed by atoms with E-state index in [4.69, 9.17) is 0 Å². The van der Waals surface area contributed by atoms with Gasteiger partial charge in [-0.3, -0.25) is 4.90 Å². The van der Waals surface area contributed by atoms with Crippen molar-refractivity contribution < 1.29 is 9.50 Å². The van der Waals surface area contributed by atoms with Gasteiger partial charge in [0.2, 0.25) is 0 Å². The van der Waals surface area contributed by atoms with Crippen molar-refractivity contribution in [2.24, 2.45) is 0 Å². The molecule has 2 nitrogen and oxygen atoms in total. The quantitative estimate of drug-likeness (QED) is 0.935. The van der Waals surface area contributed by atoms with Crippen LogP contribution < -0.4 is 0 Å². The maximum atomic E-state index is 14.0. The van der Waals surface area contributed by atoms with Crippen LogP contribution in [0.1, 0.15) is 24.0 Å². The molecule has 0 aromatic heterocycles. The highest BCUT2D eigenvalue weighted by Crippen LogP contribution is 2.33. The first-order valence-electron chi connectivity index (χ1n) is 7.41. The summed E-state index contributed by atoms with van der Waals surface area (Å²) in [6.45, 7) is 2.20. The molecule has 0 saturated carbocycles. The lowest BCUT2D eigenvalue weighted by Gasteiger charge is -2.39. The van der Waals surface area contributed by atoms with E-state index < -0.39 is 5.60 Å². The minimum Gasteiger partial charge on any atom is -0.384 e. The Hall–Kier alpha value is -1.71. The monoisotopic (exact) mass is 285 g/mol. The molecule has 1 unspecified atom stereocenters. The average Bonchev–Trinajstić information content (AvgIpc) is 2.49. The normalized spacial score (nSPS) is 23.1. The van der Waals surface area contributed by atoms with Crippen LogP contribution in [-0.2, 0) is 12.1 Å². The fraction of sp³-hybridized carbons (Fsp3) is 0.333. The van der Waals surface area contributed by atoms with Gasteiger partial charge in [0.25, 0.3) is 0 Å². The minimum atomic E-state index is -1.08. The van der Waals surface area contributed by atoms with Gasteiger partial charge in [-0.1, -0.05) is 48.5 Å². The van der Waals surface area contributed by atoms with Crippen molar-refractivity contribution in [1.29, 1.82) is 0 Å². The molecule has 0 spiro atoms. The van der Waals surface area contributed by atoms with Crippen molar-refractivity contribution in [2.45, 2.75) is 25.0 Å². The first-order valence-corrected chi connectivity index (χ1v) is 7.41. The first kappa shape index (κ1) is 14.2. The maximum Gasteiger partial charge on any atom is 0.129 e. The van der Waals surface area contributed by atoms with Crippen molar-refractivity contribution >= 4 is 0 Å². The van der Waals surface area contributed by atoms with Crippen LogP contribution in [0.3, 0.4) is 0 Å². The Morgan fingerprint density at radius 2 is 1.76 bits per heavy atom. The maximum absolute atomic E-state index is 14.0. The molecule has 110 valence electrons. The Balaban J connectivity index is 1.78. The van der Waals surface area contributed by atoms with Crippen LogP contribution in [0.4, 0.5) is 4.39 Å². The first-order chi connectivity index (χ1) is 10.2. The summed E-state index contributed by atoms with van der Waals surface area (Å²) in [6, 6.07) is 16.7. The lowest BCUT2D eigenvalue weighted by atomic mass is 9.85. The SMILES string of the molecule is OC1(c2ccccc2F)CCCN(Cc2ccccc2)C1. The largest absolute Gasteiger partial charge is 0.384 e. The van der Waals surface area contributed by atoms with Crippen LogP contribution in [0.2, 0.25) is 0 Å². The summed E-state index contributed by atoms with van der Waals surface area (Å²) in [7, 11) is 0. The van der Waals surface area contributed by atoms with Crippen molar-refractivity contribution in [2.75, 3.05) is 13.1 Å². The molecule has 21 heavy (non-hydrogen) atoms. The van der Waals surface area contributed by atoms with E-state index in [1.165, 1.54) is 11.6 Å². The Labute approximate surface area is 124 Å². The molecule has 1 aliphatic heterocycles. The van der Waals surface area contributed by atoms with Gasteiger partial charge in [-0.15, -0.1) is 0 Å². The lowest BCUT2D eigenvalue weighted by Crippen LogP contribution is -2.46. The van der Waals surface area contributed by atoms with Gasteiger partial charge >= 0.3 is 0 Å². The molecule has 1 N–H and O–H groups in total. The van der Waals surface area contributed by atoms with Gasteiger partial charge in [-0.25, -0.2) is 4.39 Å². The van der Waals surface area contributed by atoms with E-state index in [0.29, 0.717) is 18.5 Å². The molecule has 2 aromatic rings. The van der Waals surface area contributed by atoms with Crippen LogP contribution >= 0.6 is 0 Å². The van der Waals surface area contributed by atoms with Crippen LogP contribution in [0.5, 0.6) is 0 Å². The Kier molecular flexibility index (Phi) is 4.04. The minimum absolute atomic E-state index is 0.318. The summed E-state index contributed by atoms with van der Waals surface area (Å²) in [5.41, 5.74) is 0.552. The highest BCUT2D eigenvalue weighted by Gasteiger charge is 2.36. The lowest BCUT2D eigenvalue weighted by molar-refractivity contribution is -0.0405. The molecule has 0 radical (unpaired) electrons. The zero-order valence-corrected chi connectivity index (χ0v) is 12.0. The van der Waals surface area contributed by atoms with Crippen molar-refractivity contribution in [1.82, 2.24) is 4.90 Å². The predicted octanol–water partition coefficient (Wildman–Crippen LogP) is 3.31. The second kappa shape index (κ2) is 5.96. The van der Waals surface area contributed by atoms with Gasteiger partial charge in [0.15, 0.2) is 0 Å². The van der Waals surface area contributed by atoms with Crippen molar-refractivity contribution in [3.8, 4) is 0 Å². The number of halogens is 1. The number of rotatable bonds is 3. The highest BCUT2D eigenvalue weighted by molar-refractivity contribution is 5.25. The summed E-state index contributed by atoms with van der Waals surface area (Å²) < 4.78 is 14.0. The average molecular weight is 285 g/mol. The zero-order valence-electron chi connectivity index (χ0n) is 12.0. The molecule has 2 aromatic carbocycles. The number of piperidine rings is 1. The molecule has 1 atom stereocenters. The third-order valence-corrected chi connectivity index (χ3v) is 4.17. The van der Waals surface area contributed by atoms with Gasteiger partial charge in [0.05, 0.1) is 0 Å². The molecule has 0 amide bonds. The second-order valence-corrected chi connectivity index (χ2v) is 5.81. The van der Waals surface area contributed by atoms with Gasteiger partial charge in [0.1, 0.15) is 11.4 Å². The van der Waals surface area contributed by atoms with Gasteiger partial charge in [-0.05, 0) is 31.0 Å². The van der Waals surface area contributed by atoms with Gasteiger partial charge < -0.3 is 5.11 Å². The van der Waals surface area contributed by atoms with E-state index in [1.807, 2.05) is 18.2 Å². The van der Waals surface area contributed by atoms with Gasteiger partial charge in [0, 0.05) is 18.7 Å². The van der Waals surface area contributed by atoms with Crippen LogP contribution in [0.15, 0.2) is 54.6 Å². The summed E-state index contributed by atoms with van der Waals surface area (Å²) in [5.74, 6) is -0.318. The zero-order chi connectivity index (χ0) is 14.7. The number of nitrogens with zero attached hydrogens (tertiary/aromatic N) is 1. The molecular weight excluding hydrogens is 265 g/mol. The van der Waals surface area contributed by atoms with E-state index in [9.17, 15) is 9.50 Å². The Morgan fingerprint density at radius 1 is 1.05 bits per heavy atom. The number of hydrogen-bond donors (Lipinski definition) is 1. The van der Waals surface area contributed by atoms with E-state index in [-0.39, 0.29) is 5.82 Å². The van der Waals surface area contributed by atoms with Crippen LogP contribution in [0.25, 0.3) is 0 Å². The van der Waals surface area contributed by atoms with Crippen LogP contribution in [-0.4, -0.2) is 23.1 Å². The summed E-state index contributed by atoms with van der Waals surface area (Å²) in [4.78, 5) is 2.20. The molecule has 0 bridgehead atoms. The predicted molar refractivity (Wildman–Crippen MR) is 81.2 cm³/mol.